The molecule has 2 heteroatoms. The molecule has 0 aliphatic rings. The van der Waals surface area contributed by atoms with E-state index < -0.39 is 0 Å². The average molecular weight is 86.5 g/mol. The molecule has 28 valence electrons. The molecule has 0 aliphatic heterocycles. The number of halogens is 1. The maximum absolute atomic E-state index is 2.17. The van der Waals surface area contributed by atoms with E-state index in [1.165, 1.54) is 0 Å². The Balaban J connectivity index is 0. The Labute approximate surface area is 48.9 Å². The van der Waals surface area contributed by atoms with Crippen LogP contribution in [0.5, 0.6) is 0 Å². The molecule has 0 heterocycles. The van der Waals surface area contributed by atoms with Gasteiger partial charge in [-0.05, 0) is 0 Å². The number of hydrogen-bond donors (Lipinski definition) is 0. The molecule has 0 nitrogen and oxygen atoms in total. The van der Waals surface area contributed by atoms with E-state index in [-0.39, 0.29) is 12.4 Å². The predicted molar refractivity (Wildman–Crippen MR) is 28.1 cm³/mol. The first-order valence-corrected chi connectivity index (χ1v) is 1.73. The fraction of sp³-hybridized carbons (Fsp3) is 1.00. The molecule has 0 N–H and O–H groups in total. The van der Waals surface area contributed by atoms with Crippen LogP contribution in [0.1, 0.15) is 13.8 Å². The average Bonchev–Trinajstić information content (AvgIpc) is 0.811. The van der Waals surface area contributed by atoms with Crippen LogP contribution in [-0.2, 0) is 0 Å². The zero-order valence-corrected chi connectivity index (χ0v) is 4.80. The topological polar surface area (TPSA) is 0 Å². The van der Waals surface area contributed by atoms with Gasteiger partial charge in [-0.1, -0.05) is 0 Å². The molecule has 0 aliphatic carbocycles. The molecule has 0 rings (SSSR count). The van der Waals surface area contributed by atoms with Crippen LogP contribution < -0.4 is 0 Å². The maximum atomic E-state index is 2.17. The van der Waals surface area contributed by atoms with Crippen molar-refractivity contribution >= 4 is 30.1 Å². The van der Waals surface area contributed by atoms with Gasteiger partial charge in [-0.3, -0.25) is 0 Å². The summed E-state index contributed by atoms with van der Waals surface area (Å²) in [6.45, 7) is 4.33. The molecule has 0 amide bonds. The van der Waals surface area contributed by atoms with Crippen LogP contribution >= 0.6 is 12.4 Å². The number of rotatable bonds is 0. The fourth-order valence-electron chi connectivity index (χ4n) is 0. The van der Waals surface area contributed by atoms with E-state index in [2.05, 4.69) is 31.6 Å². The summed E-state index contributed by atoms with van der Waals surface area (Å²) in [6, 6.07) is 0. The van der Waals surface area contributed by atoms with Crippen LogP contribution in [0.4, 0.5) is 0 Å². The van der Waals surface area contributed by atoms with Crippen LogP contribution in [0.3, 0.4) is 0 Å². The third-order valence-corrected chi connectivity index (χ3v) is 0. The molecule has 0 saturated heterocycles. The minimum atomic E-state index is 0. The van der Waals surface area contributed by atoms with Gasteiger partial charge in [-0.15, -0.1) is 12.4 Å². The Morgan fingerprint density at radius 1 is 1.40 bits per heavy atom. The van der Waals surface area contributed by atoms with Crippen molar-refractivity contribution in [2.45, 2.75) is 18.4 Å². The molecule has 0 aromatic rings. The van der Waals surface area contributed by atoms with Crippen molar-refractivity contribution in [3.8, 4) is 0 Å². The van der Waals surface area contributed by atoms with Crippen molar-refractivity contribution < 1.29 is 0 Å². The standard InChI is InChI=1S/C3H7.ClH.Li/c1-3-2;;/h3H,1-2H3;1H;. The quantitative estimate of drug-likeness (QED) is 0.391. The molecular weight excluding hydrogens is 78.4 g/mol. The Morgan fingerprint density at radius 3 is 1.40 bits per heavy atom. The van der Waals surface area contributed by atoms with Gasteiger partial charge < -0.3 is 0 Å². The normalized spacial score (nSPS) is 7.40. The molecule has 0 saturated carbocycles. The molecule has 0 radical (unpaired) electrons. The third kappa shape index (κ3) is 51.7. The summed E-state index contributed by atoms with van der Waals surface area (Å²) in [5.74, 6) is 0. The second-order valence-electron chi connectivity index (χ2n) is 1.73. The first-order valence-electron chi connectivity index (χ1n) is 1.73. The summed E-state index contributed by atoms with van der Waals surface area (Å²) in [5, 5.41) is 0. The van der Waals surface area contributed by atoms with Crippen molar-refractivity contribution in [3.63, 3.8) is 0 Å². The van der Waals surface area contributed by atoms with Gasteiger partial charge in [0, 0.05) is 0 Å². The van der Waals surface area contributed by atoms with Crippen LogP contribution in [0.15, 0.2) is 0 Å². The van der Waals surface area contributed by atoms with Gasteiger partial charge in [0.1, 0.15) is 0 Å². The van der Waals surface area contributed by atoms with Crippen molar-refractivity contribution in [1.29, 1.82) is 0 Å². The summed E-state index contributed by atoms with van der Waals surface area (Å²) in [7, 11) is 0. The fourth-order valence-corrected chi connectivity index (χ4v) is 0. The van der Waals surface area contributed by atoms with E-state index >= 15 is 0 Å². The van der Waals surface area contributed by atoms with Crippen molar-refractivity contribution in [1.82, 2.24) is 0 Å². The van der Waals surface area contributed by atoms with Crippen LogP contribution in [0.2, 0.25) is 4.59 Å². The zero-order chi connectivity index (χ0) is 3.58. The van der Waals surface area contributed by atoms with Crippen LogP contribution in [0.25, 0.3) is 0 Å². The Hall–Kier alpha value is 0.887. The summed E-state index contributed by atoms with van der Waals surface area (Å²) >= 11 is 2.17. The van der Waals surface area contributed by atoms with Gasteiger partial charge in [0.25, 0.3) is 0 Å². The summed E-state index contributed by atoms with van der Waals surface area (Å²) in [6.07, 6.45) is 0. The van der Waals surface area contributed by atoms with Crippen molar-refractivity contribution in [2.75, 3.05) is 0 Å². The van der Waals surface area contributed by atoms with Gasteiger partial charge in [0.2, 0.25) is 0 Å². The third-order valence-electron chi connectivity index (χ3n) is 0. The van der Waals surface area contributed by atoms with Crippen molar-refractivity contribution in [3.05, 3.63) is 0 Å². The molecule has 0 atom stereocenters. The van der Waals surface area contributed by atoms with E-state index in [0.717, 1.165) is 4.59 Å². The molecule has 0 spiro atoms. The molecule has 0 bridgehead atoms. The van der Waals surface area contributed by atoms with E-state index in [9.17, 15) is 0 Å². The minimum absolute atomic E-state index is 0. The van der Waals surface area contributed by atoms with E-state index in [0.29, 0.717) is 0 Å². The molecule has 0 aromatic heterocycles. The van der Waals surface area contributed by atoms with Crippen molar-refractivity contribution in [2.24, 2.45) is 0 Å². The molecule has 0 unspecified atom stereocenters. The van der Waals surface area contributed by atoms with Gasteiger partial charge in [0.15, 0.2) is 0 Å². The SMILES string of the molecule is Cl.[Li][CH](C)C. The molecule has 0 fully saturated rings. The van der Waals surface area contributed by atoms with Crippen LogP contribution in [-0.4, -0.2) is 17.7 Å². The molecular formula is C3H8ClLi. The summed E-state index contributed by atoms with van der Waals surface area (Å²) in [4.78, 5) is 0. The second-order valence-corrected chi connectivity index (χ2v) is 1.73. The monoisotopic (exact) mass is 86.0 g/mol. The Kier molecular flexibility index (Phi) is 9.10. The predicted octanol–water partition coefficient (Wildman–Crippen LogP) is 1.41. The zero-order valence-electron chi connectivity index (χ0n) is 3.99. The van der Waals surface area contributed by atoms with Gasteiger partial charge in [-0.2, -0.15) is 0 Å². The Bertz CT molecular complexity index is 11.6. The first-order chi connectivity index (χ1) is 1.73. The molecule has 5 heavy (non-hydrogen) atoms. The van der Waals surface area contributed by atoms with Gasteiger partial charge in [-0.25, -0.2) is 0 Å². The first kappa shape index (κ1) is 9.31. The number of hydrogen-bond acceptors (Lipinski definition) is 0. The van der Waals surface area contributed by atoms with E-state index in [1.807, 2.05) is 0 Å². The molecule has 0 aromatic carbocycles. The summed E-state index contributed by atoms with van der Waals surface area (Å²) < 4.78 is 0.833. The van der Waals surface area contributed by atoms with E-state index in [1.54, 1.807) is 0 Å². The van der Waals surface area contributed by atoms with Gasteiger partial charge in [0.05, 0.1) is 0 Å². The summed E-state index contributed by atoms with van der Waals surface area (Å²) in [5.41, 5.74) is 0. The van der Waals surface area contributed by atoms with Crippen LogP contribution in [0, 0.1) is 0 Å². The van der Waals surface area contributed by atoms with Gasteiger partial charge >= 0.3 is 36.2 Å². The second kappa shape index (κ2) is 4.89. The van der Waals surface area contributed by atoms with E-state index in [4.69, 9.17) is 0 Å². The Morgan fingerprint density at radius 2 is 1.40 bits per heavy atom.